The van der Waals surface area contributed by atoms with Gasteiger partial charge in [0, 0.05) is 24.0 Å². The smallest absolute Gasteiger partial charge is 0.384 e. The van der Waals surface area contributed by atoms with E-state index in [0.717, 1.165) is 12.1 Å². The van der Waals surface area contributed by atoms with Gasteiger partial charge in [-0.2, -0.15) is 13.2 Å². The summed E-state index contributed by atoms with van der Waals surface area (Å²) in [5.74, 6) is -0.297. The molecule has 1 heterocycles. The molecule has 0 radical (unpaired) electrons. The summed E-state index contributed by atoms with van der Waals surface area (Å²) in [5, 5.41) is 5.31. The number of hydrogen-bond donors (Lipinski definition) is 2. The van der Waals surface area contributed by atoms with Gasteiger partial charge in [0.05, 0.1) is 22.5 Å². The lowest BCUT2D eigenvalue weighted by Crippen LogP contribution is -2.17. The van der Waals surface area contributed by atoms with E-state index in [9.17, 15) is 18.0 Å². The van der Waals surface area contributed by atoms with Crippen LogP contribution in [0.15, 0.2) is 36.7 Å². The summed E-state index contributed by atoms with van der Waals surface area (Å²) in [6.07, 6.45) is -1.80. The zero-order chi connectivity index (χ0) is 18.6. The topological polar surface area (TPSA) is 54.0 Å². The van der Waals surface area contributed by atoms with E-state index in [1.807, 2.05) is 13.8 Å². The Bertz CT molecular complexity index is 763. The summed E-state index contributed by atoms with van der Waals surface area (Å²) in [6, 6.07) is 4.71. The van der Waals surface area contributed by atoms with Gasteiger partial charge in [-0.25, -0.2) is 0 Å². The van der Waals surface area contributed by atoms with Gasteiger partial charge in [0.2, 0.25) is 0 Å². The van der Waals surface area contributed by atoms with Crippen LogP contribution in [-0.2, 0) is 6.18 Å². The summed E-state index contributed by atoms with van der Waals surface area (Å²) >= 11 is 5.63. The highest BCUT2D eigenvalue weighted by Gasteiger charge is 2.34. The first kappa shape index (κ1) is 19.1. The lowest BCUT2D eigenvalue weighted by Gasteiger charge is -2.14. The molecule has 0 unspecified atom stereocenters. The second kappa shape index (κ2) is 7.74. The molecular formula is C17H17ClF3N3O. The molecule has 0 spiro atoms. The van der Waals surface area contributed by atoms with Crippen molar-refractivity contribution in [2.45, 2.75) is 20.0 Å². The number of aromatic nitrogens is 1. The number of benzene rings is 1. The number of nitrogens with zero attached hydrogens (tertiary/aromatic N) is 1. The van der Waals surface area contributed by atoms with Crippen LogP contribution in [-0.4, -0.2) is 17.4 Å². The standard InChI is InChI=1S/C17H17ClF3N3O/c1-10(2)7-23-13-5-11(8-22-9-13)16(25)24-15-4-3-12(18)6-14(15)17(19,20)21/h3-6,8-10,23H,7H2,1-2H3,(H,24,25). The average Bonchev–Trinajstić information content (AvgIpc) is 2.54. The van der Waals surface area contributed by atoms with Crippen LogP contribution < -0.4 is 10.6 Å². The van der Waals surface area contributed by atoms with E-state index in [0.29, 0.717) is 18.2 Å². The van der Waals surface area contributed by atoms with Gasteiger partial charge in [0.1, 0.15) is 0 Å². The highest BCUT2D eigenvalue weighted by molar-refractivity contribution is 6.30. The van der Waals surface area contributed by atoms with Crippen molar-refractivity contribution in [2.75, 3.05) is 17.2 Å². The molecule has 0 aliphatic carbocycles. The van der Waals surface area contributed by atoms with Crippen molar-refractivity contribution in [3.63, 3.8) is 0 Å². The molecule has 0 fully saturated rings. The van der Waals surface area contributed by atoms with Crippen molar-refractivity contribution in [1.82, 2.24) is 4.98 Å². The van der Waals surface area contributed by atoms with Crippen molar-refractivity contribution >= 4 is 28.9 Å². The van der Waals surface area contributed by atoms with Gasteiger partial charge in [-0.3, -0.25) is 9.78 Å². The van der Waals surface area contributed by atoms with Gasteiger partial charge >= 0.3 is 6.18 Å². The van der Waals surface area contributed by atoms with E-state index in [-0.39, 0.29) is 16.3 Å². The van der Waals surface area contributed by atoms with Crippen LogP contribution in [0.25, 0.3) is 0 Å². The fourth-order valence-corrected chi connectivity index (χ4v) is 2.21. The molecule has 1 amide bonds. The van der Waals surface area contributed by atoms with Crippen LogP contribution in [0.2, 0.25) is 5.02 Å². The third-order valence-corrected chi connectivity index (χ3v) is 3.49. The van der Waals surface area contributed by atoms with Crippen molar-refractivity contribution in [1.29, 1.82) is 0 Å². The molecule has 25 heavy (non-hydrogen) atoms. The second-order valence-electron chi connectivity index (χ2n) is 5.88. The molecule has 1 aromatic heterocycles. The number of halogens is 4. The number of hydrogen-bond acceptors (Lipinski definition) is 3. The molecule has 0 saturated carbocycles. The first-order valence-corrected chi connectivity index (χ1v) is 7.91. The molecule has 0 bridgehead atoms. The van der Waals surface area contributed by atoms with Crippen LogP contribution >= 0.6 is 11.6 Å². The Hall–Kier alpha value is -2.28. The minimum Gasteiger partial charge on any atom is -0.384 e. The van der Waals surface area contributed by atoms with Crippen LogP contribution in [0.5, 0.6) is 0 Å². The van der Waals surface area contributed by atoms with Crippen LogP contribution in [0.4, 0.5) is 24.5 Å². The number of carbonyl (C=O) groups is 1. The van der Waals surface area contributed by atoms with E-state index < -0.39 is 17.6 Å². The number of alkyl halides is 3. The molecule has 2 aromatic rings. The highest BCUT2D eigenvalue weighted by atomic mass is 35.5. The van der Waals surface area contributed by atoms with E-state index in [2.05, 4.69) is 15.6 Å². The summed E-state index contributed by atoms with van der Waals surface area (Å²) in [6.45, 7) is 4.73. The number of pyridine rings is 1. The Kier molecular flexibility index (Phi) is 5.89. The van der Waals surface area contributed by atoms with Gasteiger partial charge < -0.3 is 10.6 Å². The summed E-state index contributed by atoms with van der Waals surface area (Å²) < 4.78 is 39.3. The first-order valence-electron chi connectivity index (χ1n) is 7.54. The van der Waals surface area contributed by atoms with Crippen LogP contribution in [0.1, 0.15) is 29.8 Å². The quantitative estimate of drug-likeness (QED) is 0.771. The molecular weight excluding hydrogens is 355 g/mol. The Balaban J connectivity index is 2.22. The molecule has 4 nitrogen and oxygen atoms in total. The molecule has 0 saturated heterocycles. The molecule has 0 atom stereocenters. The number of rotatable bonds is 5. The molecule has 134 valence electrons. The van der Waals surface area contributed by atoms with Gasteiger partial charge in [-0.15, -0.1) is 0 Å². The zero-order valence-corrected chi connectivity index (χ0v) is 14.4. The van der Waals surface area contributed by atoms with Gasteiger partial charge in [-0.05, 0) is 30.2 Å². The highest BCUT2D eigenvalue weighted by Crippen LogP contribution is 2.36. The number of carbonyl (C=O) groups excluding carboxylic acids is 1. The summed E-state index contributed by atoms with van der Waals surface area (Å²) in [4.78, 5) is 16.2. The number of amides is 1. The van der Waals surface area contributed by atoms with Crippen molar-refractivity contribution in [3.05, 3.63) is 52.8 Å². The minimum absolute atomic E-state index is 0.0631. The van der Waals surface area contributed by atoms with Gasteiger partial charge in [0.15, 0.2) is 0 Å². The van der Waals surface area contributed by atoms with Crippen molar-refractivity contribution in [3.8, 4) is 0 Å². The molecule has 2 rings (SSSR count). The Labute approximate surface area is 148 Å². The maximum atomic E-state index is 13.1. The molecule has 2 N–H and O–H groups in total. The fraction of sp³-hybridized carbons (Fsp3) is 0.294. The lowest BCUT2D eigenvalue weighted by molar-refractivity contribution is -0.136. The lowest BCUT2D eigenvalue weighted by atomic mass is 10.1. The van der Waals surface area contributed by atoms with Gasteiger partial charge in [-0.1, -0.05) is 25.4 Å². The third-order valence-electron chi connectivity index (χ3n) is 3.25. The monoisotopic (exact) mass is 371 g/mol. The van der Waals surface area contributed by atoms with Crippen molar-refractivity contribution < 1.29 is 18.0 Å². The van der Waals surface area contributed by atoms with Crippen LogP contribution in [0.3, 0.4) is 0 Å². The van der Waals surface area contributed by atoms with E-state index in [1.165, 1.54) is 18.3 Å². The number of anilines is 2. The number of nitrogens with one attached hydrogen (secondary N) is 2. The Morgan fingerprint density at radius 2 is 1.96 bits per heavy atom. The second-order valence-corrected chi connectivity index (χ2v) is 6.32. The van der Waals surface area contributed by atoms with E-state index in [4.69, 9.17) is 11.6 Å². The average molecular weight is 372 g/mol. The largest absolute Gasteiger partial charge is 0.418 e. The maximum absolute atomic E-state index is 13.1. The van der Waals surface area contributed by atoms with Crippen LogP contribution in [0, 0.1) is 5.92 Å². The fourth-order valence-electron chi connectivity index (χ4n) is 2.04. The predicted octanol–water partition coefficient (Wildman–Crippen LogP) is 5.07. The first-order chi connectivity index (χ1) is 11.7. The van der Waals surface area contributed by atoms with E-state index in [1.54, 1.807) is 6.20 Å². The summed E-state index contributed by atoms with van der Waals surface area (Å²) in [5.41, 5.74) is -0.594. The zero-order valence-electron chi connectivity index (χ0n) is 13.6. The molecule has 8 heteroatoms. The molecule has 0 aliphatic rings. The molecule has 0 aliphatic heterocycles. The SMILES string of the molecule is CC(C)CNc1cncc(C(=O)Nc2ccc(Cl)cc2C(F)(F)F)c1. The minimum atomic E-state index is -4.63. The van der Waals surface area contributed by atoms with Crippen molar-refractivity contribution in [2.24, 2.45) is 5.92 Å². The Morgan fingerprint density at radius 3 is 2.60 bits per heavy atom. The normalized spacial score (nSPS) is 11.5. The van der Waals surface area contributed by atoms with E-state index >= 15 is 0 Å². The Morgan fingerprint density at radius 1 is 1.24 bits per heavy atom. The third kappa shape index (κ3) is 5.35. The van der Waals surface area contributed by atoms with Gasteiger partial charge in [0.25, 0.3) is 5.91 Å². The summed E-state index contributed by atoms with van der Waals surface area (Å²) in [7, 11) is 0. The molecule has 1 aromatic carbocycles. The maximum Gasteiger partial charge on any atom is 0.418 e. The predicted molar refractivity (Wildman–Crippen MR) is 92.0 cm³/mol.